The zero-order chi connectivity index (χ0) is 22.2. The lowest BCUT2D eigenvalue weighted by atomic mass is 9.97. The third kappa shape index (κ3) is 3.89. The molecule has 1 aromatic carbocycles. The van der Waals surface area contributed by atoms with Crippen molar-refractivity contribution in [3.63, 3.8) is 0 Å². The van der Waals surface area contributed by atoms with E-state index >= 15 is 0 Å². The Hall–Kier alpha value is -3.16. The smallest absolute Gasteiger partial charge is 0.228 e. The van der Waals surface area contributed by atoms with Crippen molar-refractivity contribution in [1.82, 2.24) is 14.7 Å². The fourth-order valence-electron chi connectivity index (χ4n) is 4.18. The highest BCUT2D eigenvalue weighted by Crippen LogP contribution is 2.43. The maximum absolute atomic E-state index is 13.2. The minimum Gasteiger partial charge on any atom is -0.350 e. The Morgan fingerprint density at radius 2 is 2.00 bits per heavy atom. The van der Waals surface area contributed by atoms with Crippen LogP contribution < -0.4 is 10.2 Å². The number of aromatic nitrogens is 2. The number of aryl methyl sites for hydroxylation is 1. The highest BCUT2D eigenvalue weighted by molar-refractivity contribution is 7.10. The first-order chi connectivity index (χ1) is 15.5. The number of anilines is 1. The van der Waals surface area contributed by atoms with Gasteiger partial charge in [-0.15, -0.1) is 11.3 Å². The predicted molar refractivity (Wildman–Crippen MR) is 126 cm³/mol. The van der Waals surface area contributed by atoms with Crippen LogP contribution >= 0.6 is 22.9 Å². The van der Waals surface area contributed by atoms with Crippen molar-refractivity contribution < 1.29 is 9.59 Å². The number of halogens is 1. The molecule has 0 radical (unpaired) electrons. The van der Waals surface area contributed by atoms with Crippen LogP contribution in [0, 0.1) is 12.8 Å². The summed E-state index contributed by atoms with van der Waals surface area (Å²) in [4.78, 5) is 33.5. The molecule has 6 nitrogen and oxygen atoms in total. The van der Waals surface area contributed by atoms with Crippen LogP contribution in [0.25, 0.3) is 5.65 Å². The number of benzene rings is 1. The summed E-state index contributed by atoms with van der Waals surface area (Å²) in [6, 6.07) is 15.1. The van der Waals surface area contributed by atoms with E-state index in [1.807, 2.05) is 65.4 Å². The van der Waals surface area contributed by atoms with Gasteiger partial charge in [0.1, 0.15) is 5.65 Å². The predicted octanol–water partition coefficient (Wildman–Crippen LogP) is 4.77. The SMILES string of the molecule is Cc1ccc(N2C(=O)CC(C(=O)NCc3cn4cc(Cl)ccc4n3)C2c2cccs2)cc1. The fourth-order valence-corrected chi connectivity index (χ4v) is 5.22. The molecule has 0 saturated carbocycles. The topological polar surface area (TPSA) is 66.7 Å². The largest absolute Gasteiger partial charge is 0.350 e. The van der Waals surface area contributed by atoms with Crippen LogP contribution in [0.4, 0.5) is 5.69 Å². The van der Waals surface area contributed by atoms with Crippen LogP contribution in [0.1, 0.15) is 28.6 Å². The molecule has 1 saturated heterocycles. The monoisotopic (exact) mass is 464 g/mol. The summed E-state index contributed by atoms with van der Waals surface area (Å²) in [7, 11) is 0. The van der Waals surface area contributed by atoms with Gasteiger partial charge in [0.2, 0.25) is 11.8 Å². The molecule has 3 aromatic heterocycles. The van der Waals surface area contributed by atoms with Crippen molar-refractivity contribution in [2.45, 2.75) is 25.9 Å². The maximum atomic E-state index is 13.2. The Labute approximate surface area is 194 Å². The Morgan fingerprint density at radius 3 is 2.75 bits per heavy atom. The van der Waals surface area contributed by atoms with Crippen molar-refractivity contribution in [1.29, 1.82) is 0 Å². The standard InChI is InChI=1S/C24H21ClN4O2S/c1-15-4-7-18(8-5-15)29-22(30)11-19(23(29)20-3-2-10-32-20)24(31)26-12-17-14-28-13-16(25)6-9-21(28)27-17/h2-10,13-14,19,23H,11-12H2,1H3,(H,26,31). The second-order valence-electron chi connectivity index (χ2n) is 7.93. The molecule has 1 aliphatic heterocycles. The van der Waals surface area contributed by atoms with E-state index in [0.717, 1.165) is 27.5 Å². The quantitative estimate of drug-likeness (QED) is 0.462. The minimum absolute atomic E-state index is 0.0465. The number of nitrogens with one attached hydrogen (secondary N) is 1. The molecule has 4 aromatic rings. The van der Waals surface area contributed by atoms with Crippen LogP contribution in [0.3, 0.4) is 0 Å². The van der Waals surface area contributed by atoms with Gasteiger partial charge in [-0.2, -0.15) is 0 Å². The first-order valence-electron chi connectivity index (χ1n) is 10.3. The second kappa shape index (κ2) is 8.41. The third-order valence-corrected chi connectivity index (χ3v) is 6.88. The highest BCUT2D eigenvalue weighted by atomic mass is 35.5. The Morgan fingerprint density at radius 1 is 1.19 bits per heavy atom. The van der Waals surface area contributed by atoms with E-state index in [4.69, 9.17) is 11.6 Å². The number of fused-ring (bicyclic) bond motifs is 1. The normalized spacial score (nSPS) is 18.4. The Balaban J connectivity index is 1.38. The van der Waals surface area contributed by atoms with Gasteiger partial charge in [0.05, 0.1) is 29.2 Å². The molecule has 2 amide bonds. The summed E-state index contributed by atoms with van der Waals surface area (Å²) >= 11 is 7.60. The van der Waals surface area contributed by atoms with Gasteiger partial charge in [-0.05, 0) is 42.6 Å². The molecular weight excluding hydrogens is 444 g/mol. The average Bonchev–Trinajstić information content (AvgIpc) is 3.50. The number of thiophene rings is 1. The van der Waals surface area contributed by atoms with E-state index in [1.165, 1.54) is 0 Å². The van der Waals surface area contributed by atoms with Crippen LogP contribution in [0.15, 0.2) is 66.3 Å². The molecule has 1 aliphatic rings. The number of carbonyl (C=O) groups is 2. The average molecular weight is 465 g/mol. The van der Waals surface area contributed by atoms with E-state index in [0.29, 0.717) is 5.02 Å². The van der Waals surface area contributed by atoms with Gasteiger partial charge in [-0.1, -0.05) is 35.4 Å². The molecule has 0 bridgehead atoms. The van der Waals surface area contributed by atoms with Gasteiger partial charge < -0.3 is 14.6 Å². The lowest BCUT2D eigenvalue weighted by molar-refractivity contribution is -0.127. The van der Waals surface area contributed by atoms with Crippen LogP contribution in [0.5, 0.6) is 0 Å². The highest BCUT2D eigenvalue weighted by Gasteiger charge is 2.45. The molecule has 4 heterocycles. The molecule has 8 heteroatoms. The summed E-state index contributed by atoms with van der Waals surface area (Å²) < 4.78 is 1.83. The molecule has 162 valence electrons. The molecule has 32 heavy (non-hydrogen) atoms. The first-order valence-corrected chi connectivity index (χ1v) is 11.6. The van der Waals surface area contributed by atoms with E-state index in [1.54, 1.807) is 28.5 Å². The number of nitrogens with zero attached hydrogens (tertiary/aromatic N) is 3. The first kappa shape index (κ1) is 20.7. The Kier molecular flexibility index (Phi) is 5.45. The third-order valence-electron chi connectivity index (χ3n) is 5.71. The summed E-state index contributed by atoms with van der Waals surface area (Å²) in [5, 5.41) is 5.58. The molecular formula is C24H21ClN4O2S. The zero-order valence-electron chi connectivity index (χ0n) is 17.4. The van der Waals surface area contributed by atoms with Gasteiger partial charge in [-0.3, -0.25) is 9.59 Å². The fraction of sp³-hybridized carbons (Fsp3) is 0.208. The van der Waals surface area contributed by atoms with Gasteiger partial charge in [0.25, 0.3) is 0 Å². The number of amides is 2. The number of hydrogen-bond acceptors (Lipinski definition) is 4. The van der Waals surface area contributed by atoms with E-state index in [2.05, 4.69) is 10.3 Å². The summed E-state index contributed by atoms with van der Waals surface area (Å²) in [5.74, 6) is -0.676. The number of rotatable bonds is 5. The molecule has 2 unspecified atom stereocenters. The van der Waals surface area contributed by atoms with Gasteiger partial charge >= 0.3 is 0 Å². The number of imidazole rings is 1. The van der Waals surface area contributed by atoms with Crippen molar-refractivity contribution in [2.24, 2.45) is 5.92 Å². The summed E-state index contributed by atoms with van der Waals surface area (Å²) in [6.45, 7) is 2.29. The summed E-state index contributed by atoms with van der Waals surface area (Å²) in [6.07, 6.45) is 3.79. The molecule has 1 N–H and O–H groups in total. The van der Waals surface area contributed by atoms with E-state index in [9.17, 15) is 9.59 Å². The second-order valence-corrected chi connectivity index (χ2v) is 9.35. The van der Waals surface area contributed by atoms with Gasteiger partial charge in [0, 0.05) is 29.4 Å². The number of carbonyl (C=O) groups excluding carboxylic acids is 2. The van der Waals surface area contributed by atoms with Crippen LogP contribution in [-0.4, -0.2) is 21.2 Å². The van der Waals surface area contributed by atoms with Crippen molar-refractivity contribution in [3.05, 3.63) is 87.5 Å². The lowest BCUT2D eigenvalue weighted by Crippen LogP contribution is -2.35. The minimum atomic E-state index is -0.478. The molecule has 1 fully saturated rings. The van der Waals surface area contributed by atoms with Crippen molar-refractivity contribution >= 4 is 46.1 Å². The van der Waals surface area contributed by atoms with Gasteiger partial charge in [-0.25, -0.2) is 4.98 Å². The number of pyridine rings is 1. The van der Waals surface area contributed by atoms with E-state index < -0.39 is 5.92 Å². The zero-order valence-corrected chi connectivity index (χ0v) is 18.9. The van der Waals surface area contributed by atoms with Crippen LogP contribution in [0.2, 0.25) is 5.02 Å². The number of hydrogen-bond donors (Lipinski definition) is 1. The van der Waals surface area contributed by atoms with E-state index in [-0.39, 0.29) is 30.8 Å². The van der Waals surface area contributed by atoms with Crippen molar-refractivity contribution in [2.75, 3.05) is 4.90 Å². The summed E-state index contributed by atoms with van der Waals surface area (Å²) in [5.41, 5.74) is 3.42. The lowest BCUT2D eigenvalue weighted by Gasteiger charge is -2.27. The van der Waals surface area contributed by atoms with Crippen LogP contribution in [-0.2, 0) is 16.1 Å². The van der Waals surface area contributed by atoms with Crippen molar-refractivity contribution in [3.8, 4) is 0 Å². The Bertz CT molecular complexity index is 1280. The molecule has 2 atom stereocenters. The molecule has 0 spiro atoms. The van der Waals surface area contributed by atoms with Gasteiger partial charge in [0.15, 0.2) is 0 Å². The maximum Gasteiger partial charge on any atom is 0.228 e. The molecule has 5 rings (SSSR count). The molecule has 0 aliphatic carbocycles.